The average Bonchev–Trinajstić information content (AvgIpc) is 3.37. The zero-order chi connectivity index (χ0) is 14.5. The number of benzene rings is 2. The third-order valence-electron chi connectivity index (χ3n) is 3.81. The second-order valence-electron chi connectivity index (χ2n) is 5.47. The Bertz CT molecular complexity index is 590. The Morgan fingerprint density at radius 1 is 1.10 bits per heavy atom. The van der Waals surface area contributed by atoms with Gasteiger partial charge in [0, 0.05) is 16.3 Å². The Balaban J connectivity index is 1.82. The van der Waals surface area contributed by atoms with Gasteiger partial charge >= 0.3 is 0 Å². The van der Waals surface area contributed by atoms with Gasteiger partial charge in [0.25, 0.3) is 0 Å². The molecule has 0 radical (unpaired) electrons. The van der Waals surface area contributed by atoms with E-state index in [4.69, 9.17) is 0 Å². The van der Waals surface area contributed by atoms with Crippen LogP contribution in [0.3, 0.4) is 0 Å². The molecule has 0 heterocycles. The van der Waals surface area contributed by atoms with Crippen LogP contribution >= 0.6 is 11.8 Å². The van der Waals surface area contributed by atoms with E-state index in [9.17, 15) is 0 Å². The van der Waals surface area contributed by atoms with Crippen LogP contribution in [0.2, 0.25) is 0 Å². The van der Waals surface area contributed by atoms with E-state index in [0.717, 1.165) is 11.7 Å². The fourth-order valence-corrected chi connectivity index (χ4v) is 3.35. The van der Waals surface area contributed by atoms with Gasteiger partial charge in [-0.25, -0.2) is 0 Å². The molecule has 0 aromatic heterocycles. The van der Waals surface area contributed by atoms with Crippen LogP contribution in [-0.4, -0.2) is 5.75 Å². The summed E-state index contributed by atoms with van der Waals surface area (Å²) in [6.45, 7) is 3.81. The Kier molecular flexibility index (Phi) is 4.66. The third kappa shape index (κ3) is 3.70. The number of anilines is 1. The average molecular weight is 295 g/mol. The van der Waals surface area contributed by atoms with Crippen molar-refractivity contribution in [2.45, 2.75) is 23.8 Å². The highest BCUT2D eigenvalue weighted by Gasteiger charge is 2.32. The third-order valence-corrected chi connectivity index (χ3v) is 4.88. The monoisotopic (exact) mass is 295 g/mol. The van der Waals surface area contributed by atoms with Crippen molar-refractivity contribution in [3.8, 4) is 0 Å². The van der Waals surface area contributed by atoms with Crippen molar-refractivity contribution in [2.24, 2.45) is 5.92 Å². The standard InChI is InChI=1S/C19H21NS/c1-2-14-21-18-11-7-6-10-17(18)20-19(16-12-13-16)15-8-4-3-5-9-15/h2-11,16,19-20H,1,12-14H2. The number of rotatable bonds is 7. The fraction of sp³-hybridized carbons (Fsp3) is 0.263. The molecule has 2 aromatic rings. The first-order valence-corrected chi connectivity index (χ1v) is 8.51. The molecule has 0 spiro atoms. The molecule has 0 amide bonds. The lowest BCUT2D eigenvalue weighted by Crippen LogP contribution is -2.13. The lowest BCUT2D eigenvalue weighted by molar-refractivity contribution is 0.677. The van der Waals surface area contributed by atoms with Gasteiger partial charge in [-0.2, -0.15) is 0 Å². The Morgan fingerprint density at radius 2 is 1.81 bits per heavy atom. The minimum Gasteiger partial charge on any atom is -0.377 e. The van der Waals surface area contributed by atoms with E-state index in [1.54, 1.807) is 0 Å². The second-order valence-corrected chi connectivity index (χ2v) is 6.53. The molecule has 0 saturated heterocycles. The predicted molar refractivity (Wildman–Crippen MR) is 92.9 cm³/mol. The molecule has 1 saturated carbocycles. The maximum Gasteiger partial charge on any atom is 0.0542 e. The van der Waals surface area contributed by atoms with E-state index in [1.807, 2.05) is 17.8 Å². The summed E-state index contributed by atoms with van der Waals surface area (Å²) in [5, 5.41) is 3.78. The van der Waals surface area contributed by atoms with Crippen molar-refractivity contribution in [3.05, 3.63) is 72.8 Å². The summed E-state index contributed by atoms with van der Waals surface area (Å²) in [6.07, 6.45) is 4.61. The topological polar surface area (TPSA) is 12.0 Å². The largest absolute Gasteiger partial charge is 0.377 e. The molecule has 21 heavy (non-hydrogen) atoms. The van der Waals surface area contributed by atoms with E-state index in [2.05, 4.69) is 66.5 Å². The number of hydrogen-bond acceptors (Lipinski definition) is 2. The van der Waals surface area contributed by atoms with Crippen LogP contribution in [-0.2, 0) is 0 Å². The smallest absolute Gasteiger partial charge is 0.0542 e. The molecule has 1 atom stereocenters. The summed E-state index contributed by atoms with van der Waals surface area (Å²) >= 11 is 1.84. The molecule has 1 fully saturated rings. The van der Waals surface area contributed by atoms with Gasteiger partial charge in [-0.05, 0) is 36.5 Å². The normalized spacial score (nSPS) is 15.4. The van der Waals surface area contributed by atoms with Crippen LogP contribution in [0.25, 0.3) is 0 Å². The van der Waals surface area contributed by atoms with Crippen molar-refractivity contribution in [1.29, 1.82) is 0 Å². The van der Waals surface area contributed by atoms with E-state index in [0.29, 0.717) is 6.04 Å². The quantitative estimate of drug-likeness (QED) is 0.532. The van der Waals surface area contributed by atoms with Crippen LogP contribution < -0.4 is 5.32 Å². The first-order valence-electron chi connectivity index (χ1n) is 7.52. The number of thioether (sulfide) groups is 1. The summed E-state index contributed by atoms with van der Waals surface area (Å²) < 4.78 is 0. The summed E-state index contributed by atoms with van der Waals surface area (Å²) in [7, 11) is 0. The second kappa shape index (κ2) is 6.86. The first kappa shape index (κ1) is 14.3. The molecule has 0 aliphatic heterocycles. The zero-order valence-corrected chi connectivity index (χ0v) is 13.0. The van der Waals surface area contributed by atoms with Crippen LogP contribution in [0.5, 0.6) is 0 Å². The van der Waals surface area contributed by atoms with E-state index in [-0.39, 0.29) is 0 Å². The zero-order valence-electron chi connectivity index (χ0n) is 12.2. The summed E-state index contributed by atoms with van der Waals surface area (Å²) in [4.78, 5) is 1.30. The summed E-state index contributed by atoms with van der Waals surface area (Å²) in [5.74, 6) is 1.71. The van der Waals surface area contributed by atoms with Crippen molar-refractivity contribution in [1.82, 2.24) is 0 Å². The SMILES string of the molecule is C=CCSc1ccccc1NC(c1ccccc1)C1CC1. The van der Waals surface area contributed by atoms with Gasteiger partial charge in [0.1, 0.15) is 0 Å². The summed E-state index contributed by atoms with van der Waals surface area (Å²) in [6, 6.07) is 19.8. The van der Waals surface area contributed by atoms with Crippen molar-refractivity contribution < 1.29 is 0 Å². The van der Waals surface area contributed by atoms with E-state index >= 15 is 0 Å². The Hall–Kier alpha value is -1.67. The molecule has 1 aliphatic rings. The fourth-order valence-electron chi connectivity index (χ4n) is 2.59. The van der Waals surface area contributed by atoms with Crippen molar-refractivity contribution in [2.75, 3.05) is 11.1 Å². The van der Waals surface area contributed by atoms with Gasteiger partial charge in [-0.15, -0.1) is 18.3 Å². The molecule has 108 valence electrons. The molecule has 3 rings (SSSR count). The minimum atomic E-state index is 0.427. The summed E-state index contributed by atoms with van der Waals surface area (Å²) in [5.41, 5.74) is 2.63. The van der Waals surface area contributed by atoms with Crippen LogP contribution in [0, 0.1) is 5.92 Å². The molecule has 0 bridgehead atoms. The maximum absolute atomic E-state index is 3.81. The molecule has 1 nitrogen and oxygen atoms in total. The Morgan fingerprint density at radius 3 is 2.52 bits per heavy atom. The van der Waals surface area contributed by atoms with Gasteiger partial charge in [0.15, 0.2) is 0 Å². The van der Waals surface area contributed by atoms with Crippen LogP contribution in [0.15, 0.2) is 72.1 Å². The highest BCUT2D eigenvalue weighted by Crippen LogP contribution is 2.43. The molecule has 2 aromatic carbocycles. The molecule has 1 N–H and O–H groups in total. The van der Waals surface area contributed by atoms with E-state index in [1.165, 1.54) is 29.0 Å². The van der Waals surface area contributed by atoms with Gasteiger partial charge in [-0.1, -0.05) is 48.5 Å². The van der Waals surface area contributed by atoms with E-state index < -0.39 is 0 Å². The van der Waals surface area contributed by atoms with Gasteiger partial charge in [0.05, 0.1) is 6.04 Å². The highest BCUT2D eigenvalue weighted by molar-refractivity contribution is 7.99. The lowest BCUT2D eigenvalue weighted by atomic mass is 10.0. The molecular formula is C19H21NS. The van der Waals surface area contributed by atoms with Gasteiger partial charge in [0.2, 0.25) is 0 Å². The minimum absolute atomic E-state index is 0.427. The van der Waals surface area contributed by atoms with Crippen LogP contribution in [0.1, 0.15) is 24.4 Å². The molecular weight excluding hydrogens is 274 g/mol. The van der Waals surface area contributed by atoms with Crippen molar-refractivity contribution >= 4 is 17.4 Å². The first-order chi connectivity index (χ1) is 10.4. The number of hydrogen-bond donors (Lipinski definition) is 1. The van der Waals surface area contributed by atoms with Crippen molar-refractivity contribution in [3.63, 3.8) is 0 Å². The van der Waals surface area contributed by atoms with Gasteiger partial charge in [-0.3, -0.25) is 0 Å². The number of nitrogens with one attached hydrogen (secondary N) is 1. The van der Waals surface area contributed by atoms with Crippen LogP contribution in [0.4, 0.5) is 5.69 Å². The lowest BCUT2D eigenvalue weighted by Gasteiger charge is -2.22. The highest BCUT2D eigenvalue weighted by atomic mass is 32.2. The molecule has 2 heteroatoms. The predicted octanol–water partition coefficient (Wildman–Crippen LogP) is 5.53. The van der Waals surface area contributed by atoms with Gasteiger partial charge < -0.3 is 5.32 Å². The molecule has 1 aliphatic carbocycles. The maximum atomic E-state index is 3.81. The number of para-hydroxylation sites is 1. The molecule has 1 unspecified atom stereocenters. The Labute approximate surface area is 131 Å².